The van der Waals surface area contributed by atoms with Crippen LogP contribution in [0.3, 0.4) is 0 Å². The molecule has 0 atom stereocenters. The monoisotopic (exact) mass is 395 g/mol. The highest BCUT2D eigenvalue weighted by molar-refractivity contribution is 7.89. The second-order valence-corrected chi connectivity index (χ2v) is 8.03. The van der Waals surface area contributed by atoms with Gasteiger partial charge in [0.05, 0.1) is 16.2 Å². The van der Waals surface area contributed by atoms with E-state index in [0.29, 0.717) is 25.3 Å². The van der Waals surface area contributed by atoms with Crippen molar-refractivity contribution in [1.29, 1.82) is 0 Å². The van der Waals surface area contributed by atoms with Crippen LogP contribution in [-0.2, 0) is 16.2 Å². The minimum Gasteiger partial charge on any atom is -0.371 e. The highest BCUT2D eigenvalue weighted by atomic mass is 32.2. The molecule has 2 rings (SSSR count). The molecule has 1 aromatic rings. The Kier molecular flexibility index (Phi) is 6.12. The molecule has 0 unspecified atom stereocenters. The van der Waals surface area contributed by atoms with Gasteiger partial charge in [-0.25, -0.2) is 13.1 Å². The van der Waals surface area contributed by atoms with Crippen LogP contribution in [0.4, 0.5) is 24.5 Å². The smallest absolute Gasteiger partial charge is 0.371 e. The first-order chi connectivity index (χ1) is 12.0. The van der Waals surface area contributed by atoms with Gasteiger partial charge >= 0.3 is 6.18 Å². The number of anilines is 1. The molecule has 0 bridgehead atoms. The standard InChI is InChI=1S/C15H20F3N3O4S/c1-2-9-26(24,25)19-11-5-7-20(8-6-11)14-4-3-12(21(22)23)10-13(14)15(16,17)18/h3-4,10-11,19H,2,5-9H2,1H3. The molecule has 0 aromatic heterocycles. The molecule has 1 fully saturated rings. The number of piperidine rings is 1. The predicted molar refractivity (Wildman–Crippen MR) is 90.5 cm³/mol. The van der Waals surface area contributed by atoms with E-state index in [4.69, 9.17) is 0 Å². The lowest BCUT2D eigenvalue weighted by Gasteiger charge is -2.35. The van der Waals surface area contributed by atoms with Gasteiger partial charge in [0.2, 0.25) is 10.0 Å². The number of nitro benzene ring substituents is 1. The fourth-order valence-electron chi connectivity index (χ4n) is 2.96. The number of hydrogen-bond donors (Lipinski definition) is 1. The van der Waals surface area contributed by atoms with E-state index in [2.05, 4.69) is 4.72 Å². The number of alkyl halides is 3. The summed E-state index contributed by atoms with van der Waals surface area (Å²) in [6, 6.07) is 2.35. The summed E-state index contributed by atoms with van der Waals surface area (Å²) in [6.45, 7) is 2.19. The van der Waals surface area contributed by atoms with Crippen molar-refractivity contribution in [3.8, 4) is 0 Å². The minimum atomic E-state index is -4.72. The summed E-state index contributed by atoms with van der Waals surface area (Å²) in [5, 5.41) is 10.8. The van der Waals surface area contributed by atoms with Crippen molar-refractivity contribution in [3.05, 3.63) is 33.9 Å². The summed E-state index contributed by atoms with van der Waals surface area (Å²) in [6.07, 6.45) is -3.53. The molecule has 0 spiro atoms. The Bertz CT molecular complexity index is 760. The zero-order valence-electron chi connectivity index (χ0n) is 14.1. The zero-order valence-corrected chi connectivity index (χ0v) is 14.9. The van der Waals surface area contributed by atoms with Crippen molar-refractivity contribution in [2.75, 3.05) is 23.7 Å². The first-order valence-corrected chi connectivity index (χ1v) is 9.79. The molecule has 1 saturated heterocycles. The molecule has 1 N–H and O–H groups in total. The number of rotatable bonds is 6. The Morgan fingerprint density at radius 3 is 2.42 bits per heavy atom. The summed E-state index contributed by atoms with van der Waals surface area (Å²) < 4.78 is 66.0. The van der Waals surface area contributed by atoms with E-state index in [-0.39, 0.29) is 30.6 Å². The van der Waals surface area contributed by atoms with Gasteiger partial charge in [-0.15, -0.1) is 0 Å². The van der Waals surface area contributed by atoms with E-state index in [1.165, 1.54) is 4.90 Å². The van der Waals surface area contributed by atoms with Crippen molar-refractivity contribution in [2.45, 2.75) is 38.4 Å². The fourth-order valence-corrected chi connectivity index (χ4v) is 4.36. The molecule has 1 aromatic carbocycles. The Labute approximate surface area is 149 Å². The summed E-state index contributed by atoms with van der Waals surface area (Å²) in [4.78, 5) is 11.4. The lowest BCUT2D eigenvalue weighted by atomic mass is 10.0. The maximum Gasteiger partial charge on any atom is 0.418 e. The van der Waals surface area contributed by atoms with Gasteiger partial charge in [-0.05, 0) is 25.3 Å². The van der Waals surface area contributed by atoms with Gasteiger partial charge < -0.3 is 4.90 Å². The van der Waals surface area contributed by atoms with Crippen molar-refractivity contribution in [2.24, 2.45) is 0 Å². The van der Waals surface area contributed by atoms with E-state index >= 15 is 0 Å². The third-order valence-corrected chi connectivity index (χ3v) is 5.79. The number of hydrogen-bond acceptors (Lipinski definition) is 5. The number of benzene rings is 1. The molecular formula is C15H20F3N3O4S. The second kappa shape index (κ2) is 7.78. The largest absolute Gasteiger partial charge is 0.418 e. The van der Waals surface area contributed by atoms with Crippen LogP contribution in [0.2, 0.25) is 0 Å². The molecule has 7 nitrogen and oxygen atoms in total. The van der Waals surface area contributed by atoms with Crippen LogP contribution in [-0.4, -0.2) is 38.2 Å². The minimum absolute atomic E-state index is 0.00773. The van der Waals surface area contributed by atoms with Gasteiger partial charge in [-0.2, -0.15) is 13.2 Å². The quantitative estimate of drug-likeness (QED) is 0.591. The first-order valence-electron chi connectivity index (χ1n) is 8.14. The van der Waals surface area contributed by atoms with E-state index < -0.39 is 32.4 Å². The van der Waals surface area contributed by atoms with E-state index in [1.54, 1.807) is 6.92 Å². The number of nitrogens with one attached hydrogen (secondary N) is 1. The summed E-state index contributed by atoms with van der Waals surface area (Å²) in [5.74, 6) is 0.00773. The molecule has 11 heteroatoms. The van der Waals surface area contributed by atoms with E-state index in [9.17, 15) is 31.7 Å². The summed E-state index contributed by atoms with van der Waals surface area (Å²) in [7, 11) is -3.38. The lowest BCUT2D eigenvalue weighted by molar-refractivity contribution is -0.385. The maximum atomic E-state index is 13.3. The van der Waals surface area contributed by atoms with Crippen molar-refractivity contribution < 1.29 is 26.5 Å². The highest BCUT2D eigenvalue weighted by Gasteiger charge is 2.37. The molecule has 0 radical (unpaired) electrons. The third-order valence-electron chi connectivity index (χ3n) is 4.15. The van der Waals surface area contributed by atoms with Crippen molar-refractivity contribution in [1.82, 2.24) is 4.72 Å². The Morgan fingerprint density at radius 1 is 1.31 bits per heavy atom. The maximum absolute atomic E-state index is 13.3. The number of halogens is 3. The normalized spacial score (nSPS) is 16.7. The van der Waals surface area contributed by atoms with Crippen LogP contribution in [0.15, 0.2) is 18.2 Å². The number of nitro groups is 1. The molecule has 1 aliphatic rings. The van der Waals surface area contributed by atoms with Gasteiger partial charge in [0.15, 0.2) is 0 Å². The SMILES string of the molecule is CCCS(=O)(=O)NC1CCN(c2ccc([N+](=O)[O-])cc2C(F)(F)F)CC1. The van der Waals surface area contributed by atoms with Crippen LogP contribution in [0.5, 0.6) is 0 Å². The van der Waals surface area contributed by atoms with Gasteiger partial charge in [-0.1, -0.05) is 6.92 Å². The van der Waals surface area contributed by atoms with E-state index in [1.807, 2.05) is 0 Å². The molecule has 0 amide bonds. The Morgan fingerprint density at radius 2 is 1.92 bits per heavy atom. The topological polar surface area (TPSA) is 92.6 Å². The van der Waals surface area contributed by atoms with Gasteiger partial charge in [0.25, 0.3) is 5.69 Å². The van der Waals surface area contributed by atoms with Crippen molar-refractivity contribution in [3.63, 3.8) is 0 Å². The van der Waals surface area contributed by atoms with Gasteiger partial charge in [0, 0.05) is 37.0 Å². The number of non-ortho nitro benzene ring substituents is 1. The summed E-state index contributed by atoms with van der Waals surface area (Å²) in [5.41, 5.74) is -1.81. The third kappa shape index (κ3) is 5.07. The van der Waals surface area contributed by atoms with Crippen LogP contribution >= 0.6 is 0 Å². The van der Waals surface area contributed by atoms with Gasteiger partial charge in [0.1, 0.15) is 0 Å². The van der Waals surface area contributed by atoms with Crippen LogP contribution < -0.4 is 9.62 Å². The predicted octanol–water partition coefficient (Wildman–Crippen LogP) is 2.91. The lowest BCUT2D eigenvalue weighted by Crippen LogP contribution is -2.45. The molecule has 146 valence electrons. The van der Waals surface area contributed by atoms with Crippen LogP contribution in [0.1, 0.15) is 31.7 Å². The molecular weight excluding hydrogens is 375 g/mol. The average Bonchev–Trinajstić information content (AvgIpc) is 2.53. The van der Waals surface area contributed by atoms with Gasteiger partial charge in [-0.3, -0.25) is 10.1 Å². The van der Waals surface area contributed by atoms with Crippen LogP contribution in [0.25, 0.3) is 0 Å². The second-order valence-electron chi connectivity index (χ2n) is 6.15. The molecule has 26 heavy (non-hydrogen) atoms. The summed E-state index contributed by atoms with van der Waals surface area (Å²) >= 11 is 0. The van der Waals surface area contributed by atoms with Crippen LogP contribution in [0, 0.1) is 10.1 Å². The van der Waals surface area contributed by atoms with E-state index in [0.717, 1.165) is 12.1 Å². The zero-order chi connectivity index (χ0) is 19.5. The molecule has 0 saturated carbocycles. The fraction of sp³-hybridized carbons (Fsp3) is 0.600. The Hall–Kier alpha value is -1.88. The molecule has 0 aliphatic carbocycles. The average molecular weight is 395 g/mol. The first kappa shape index (κ1) is 20.4. The highest BCUT2D eigenvalue weighted by Crippen LogP contribution is 2.39. The van der Waals surface area contributed by atoms with Crippen molar-refractivity contribution >= 4 is 21.4 Å². The molecule has 1 heterocycles. The number of sulfonamides is 1. The number of nitrogens with zero attached hydrogens (tertiary/aromatic N) is 2. The molecule has 1 aliphatic heterocycles. The Balaban J connectivity index is 2.15.